The molecule has 0 aliphatic carbocycles. The zero-order chi connectivity index (χ0) is 27.6. The third-order valence-corrected chi connectivity index (χ3v) is 4.96. The summed E-state index contributed by atoms with van der Waals surface area (Å²) >= 11 is 0. The lowest BCUT2D eigenvalue weighted by Crippen LogP contribution is -2.48. The van der Waals surface area contributed by atoms with Crippen molar-refractivity contribution in [3.8, 4) is 0 Å². The number of amides is 2. The summed E-state index contributed by atoms with van der Waals surface area (Å²) in [6.07, 6.45) is -0.517. The van der Waals surface area contributed by atoms with Gasteiger partial charge in [-0.05, 0) is 47.1 Å². The molecule has 0 spiro atoms. The zero-order valence-electron chi connectivity index (χ0n) is 22.1. The second-order valence-corrected chi connectivity index (χ2v) is 11.9. The second kappa shape index (κ2) is 13.8. The van der Waals surface area contributed by atoms with E-state index in [-0.39, 0.29) is 31.9 Å². The van der Waals surface area contributed by atoms with Gasteiger partial charge in [-0.2, -0.15) is 8.42 Å². The lowest BCUT2D eigenvalue weighted by atomic mass is 10.2. The largest absolute Gasteiger partial charge is 0.444 e. The van der Waals surface area contributed by atoms with Gasteiger partial charge in [0.2, 0.25) is 0 Å². The number of hydrogen-bond donors (Lipinski definition) is 0. The van der Waals surface area contributed by atoms with Gasteiger partial charge in [-0.1, -0.05) is 5.11 Å². The number of nitrogens with zero attached hydrogens (tertiary/aromatic N) is 5. The highest BCUT2D eigenvalue weighted by Gasteiger charge is 2.29. The molecule has 2 rings (SSSR count). The molecule has 0 aromatic carbocycles. The van der Waals surface area contributed by atoms with Crippen LogP contribution in [0.3, 0.4) is 0 Å². The van der Waals surface area contributed by atoms with Crippen LogP contribution in [0.25, 0.3) is 10.4 Å². The van der Waals surface area contributed by atoms with Gasteiger partial charge in [-0.15, -0.1) is 0 Å². The molecule has 2 atom stereocenters. The molecule has 0 saturated carbocycles. The van der Waals surface area contributed by atoms with Gasteiger partial charge in [0.15, 0.2) is 0 Å². The Kier molecular flexibility index (Phi) is 12.2. The summed E-state index contributed by atoms with van der Waals surface area (Å²) < 4.78 is 47.7. The molecule has 0 aromatic rings. The quantitative estimate of drug-likeness (QED) is 0.221. The van der Waals surface area contributed by atoms with E-state index in [0.717, 1.165) is 6.26 Å². The van der Waals surface area contributed by atoms with Crippen LogP contribution in [-0.2, 0) is 33.2 Å². The van der Waals surface area contributed by atoms with Gasteiger partial charge in [0.25, 0.3) is 10.1 Å². The first-order chi connectivity index (χ1) is 16.5. The van der Waals surface area contributed by atoms with Crippen LogP contribution >= 0.6 is 0 Å². The highest BCUT2D eigenvalue weighted by Crippen LogP contribution is 2.14. The Morgan fingerprint density at radius 3 is 1.81 bits per heavy atom. The summed E-state index contributed by atoms with van der Waals surface area (Å²) in [5.41, 5.74) is 7.16. The summed E-state index contributed by atoms with van der Waals surface area (Å²) in [5.74, 6) is 0. The molecule has 0 bridgehead atoms. The molecule has 2 saturated heterocycles. The highest BCUT2D eigenvalue weighted by molar-refractivity contribution is 7.85. The van der Waals surface area contributed by atoms with E-state index in [1.54, 1.807) is 25.7 Å². The summed E-state index contributed by atoms with van der Waals surface area (Å²) in [6, 6.07) is 0. The van der Waals surface area contributed by atoms with Gasteiger partial charge < -0.3 is 28.7 Å². The number of carbonyl (C=O) groups is 2. The third-order valence-electron chi connectivity index (χ3n) is 4.40. The van der Waals surface area contributed by atoms with Gasteiger partial charge >= 0.3 is 12.2 Å². The van der Waals surface area contributed by atoms with Crippen LogP contribution in [0.2, 0.25) is 0 Å². The van der Waals surface area contributed by atoms with Crippen LogP contribution < -0.4 is 0 Å². The maximum atomic E-state index is 11.8. The summed E-state index contributed by atoms with van der Waals surface area (Å²) in [6.45, 7) is 13.3. The number of carbonyl (C=O) groups excluding carboxylic acids is 2. The van der Waals surface area contributed by atoms with Crippen molar-refractivity contribution in [2.45, 2.75) is 65.0 Å². The Balaban J connectivity index is 0.000000362. The molecule has 2 amide bonds. The van der Waals surface area contributed by atoms with Crippen molar-refractivity contribution in [1.29, 1.82) is 0 Å². The van der Waals surface area contributed by atoms with Crippen LogP contribution in [0, 0.1) is 0 Å². The van der Waals surface area contributed by atoms with Crippen LogP contribution in [-0.4, -0.2) is 113 Å². The molecule has 36 heavy (non-hydrogen) atoms. The molecule has 0 aromatic heterocycles. The first-order valence-corrected chi connectivity index (χ1v) is 13.3. The summed E-state index contributed by atoms with van der Waals surface area (Å²) in [7, 11) is -3.50. The molecule has 2 heterocycles. The number of morpholine rings is 2. The molecule has 2 aliphatic rings. The van der Waals surface area contributed by atoms with E-state index in [0.29, 0.717) is 32.8 Å². The average molecular weight is 538 g/mol. The molecule has 0 N–H and O–H groups in total. The maximum Gasteiger partial charge on any atom is 0.410 e. The van der Waals surface area contributed by atoms with E-state index in [1.165, 1.54) is 4.90 Å². The Hall–Kier alpha value is -2.32. The molecule has 0 radical (unpaired) electrons. The topological polar surface area (TPSA) is 170 Å². The lowest BCUT2D eigenvalue weighted by Gasteiger charge is -2.33. The first-order valence-electron chi connectivity index (χ1n) is 11.5. The monoisotopic (exact) mass is 537 g/mol. The van der Waals surface area contributed by atoms with Crippen molar-refractivity contribution in [3.05, 3.63) is 10.4 Å². The van der Waals surface area contributed by atoms with E-state index in [1.807, 2.05) is 20.8 Å². The molecular formula is C21H39N5O9S. The Morgan fingerprint density at radius 1 is 0.944 bits per heavy atom. The predicted octanol–water partition coefficient (Wildman–Crippen LogP) is 2.53. The number of azide groups is 1. The first kappa shape index (κ1) is 31.7. The third kappa shape index (κ3) is 14.3. The molecular weight excluding hydrogens is 498 g/mol. The minimum Gasteiger partial charge on any atom is -0.444 e. The van der Waals surface area contributed by atoms with E-state index in [2.05, 4.69) is 14.2 Å². The molecule has 2 fully saturated rings. The van der Waals surface area contributed by atoms with E-state index >= 15 is 0 Å². The van der Waals surface area contributed by atoms with Gasteiger partial charge in [-0.3, -0.25) is 4.18 Å². The fourth-order valence-corrected chi connectivity index (χ4v) is 3.36. The van der Waals surface area contributed by atoms with Crippen LogP contribution in [0.5, 0.6) is 0 Å². The normalized spacial score (nSPS) is 21.0. The number of hydrogen-bond acceptors (Lipinski definition) is 10. The Morgan fingerprint density at radius 2 is 1.39 bits per heavy atom. The van der Waals surface area contributed by atoms with E-state index < -0.39 is 33.5 Å². The summed E-state index contributed by atoms with van der Waals surface area (Å²) in [5, 5.41) is 3.44. The standard InChI is InChI=1S/C11H21NO6S.C10H18N4O3/c1-11(2,3)18-10(13)12-5-6-16-9(7-12)8-17-19(4,14)15;1-10(2,3)17-9(15)14-4-5-16-8(7-14)6-12-13-11/h9H,5-8H2,1-4H3;8H,4-7H2,1-3H3. The average Bonchev–Trinajstić information content (AvgIpc) is 2.74. The molecule has 2 unspecified atom stereocenters. The van der Waals surface area contributed by atoms with Gasteiger partial charge in [-0.25, -0.2) is 9.59 Å². The minimum absolute atomic E-state index is 0.0991. The Bertz CT molecular complexity index is 879. The smallest absolute Gasteiger partial charge is 0.410 e. The summed E-state index contributed by atoms with van der Waals surface area (Å²) in [4.78, 5) is 29.4. The van der Waals surface area contributed by atoms with Crippen molar-refractivity contribution >= 4 is 22.3 Å². The van der Waals surface area contributed by atoms with Crippen LogP contribution in [0.15, 0.2) is 5.11 Å². The fraction of sp³-hybridized carbons (Fsp3) is 0.905. The minimum atomic E-state index is -3.50. The number of rotatable bonds is 5. The van der Waals surface area contributed by atoms with Gasteiger partial charge in [0.05, 0.1) is 51.8 Å². The van der Waals surface area contributed by atoms with Crippen LogP contribution in [0.4, 0.5) is 9.59 Å². The van der Waals surface area contributed by atoms with Crippen molar-refractivity contribution in [3.63, 3.8) is 0 Å². The van der Waals surface area contributed by atoms with E-state index in [4.69, 9.17) is 24.5 Å². The number of ether oxygens (including phenoxy) is 4. The zero-order valence-corrected chi connectivity index (χ0v) is 22.9. The Labute approximate surface area is 212 Å². The molecule has 208 valence electrons. The van der Waals surface area contributed by atoms with Crippen molar-refractivity contribution < 1.29 is 41.1 Å². The van der Waals surface area contributed by atoms with Crippen LogP contribution in [0.1, 0.15) is 41.5 Å². The van der Waals surface area contributed by atoms with Crippen molar-refractivity contribution in [1.82, 2.24) is 9.80 Å². The molecule has 15 heteroatoms. The highest BCUT2D eigenvalue weighted by atomic mass is 32.2. The molecule has 2 aliphatic heterocycles. The SMILES string of the molecule is CC(C)(C)OC(=O)N1CCOC(CN=[N+]=[N-])C1.CC(C)(C)OC(=O)N1CCOC(COS(C)(=O)=O)C1. The predicted molar refractivity (Wildman–Crippen MR) is 130 cm³/mol. The van der Waals surface area contributed by atoms with Crippen molar-refractivity contribution in [2.75, 3.05) is 58.8 Å². The van der Waals surface area contributed by atoms with Gasteiger partial charge in [0, 0.05) is 18.0 Å². The van der Waals surface area contributed by atoms with Gasteiger partial charge in [0.1, 0.15) is 17.3 Å². The van der Waals surface area contributed by atoms with E-state index in [9.17, 15) is 18.0 Å². The molecule has 14 nitrogen and oxygen atoms in total. The lowest BCUT2D eigenvalue weighted by molar-refractivity contribution is -0.0548. The second-order valence-electron chi connectivity index (χ2n) is 10.2. The fourth-order valence-electron chi connectivity index (χ4n) is 2.96. The maximum absolute atomic E-state index is 11.8. The van der Waals surface area contributed by atoms with Crippen molar-refractivity contribution in [2.24, 2.45) is 5.11 Å².